The van der Waals surface area contributed by atoms with E-state index in [2.05, 4.69) is 194 Å². The first kappa shape index (κ1) is 28.5. The van der Waals surface area contributed by atoms with Gasteiger partial charge >= 0.3 is 0 Å². The van der Waals surface area contributed by atoms with Gasteiger partial charge in [-0.2, -0.15) is 0 Å². The van der Waals surface area contributed by atoms with E-state index in [0.29, 0.717) is 0 Å². The first-order valence-corrected chi connectivity index (χ1v) is 17.3. The highest BCUT2D eigenvalue weighted by Crippen LogP contribution is 2.43. The van der Waals surface area contributed by atoms with E-state index in [-0.39, 0.29) is 0 Å². The zero-order chi connectivity index (χ0) is 33.0. The summed E-state index contributed by atoms with van der Waals surface area (Å²) in [5.41, 5.74) is 9.93. The van der Waals surface area contributed by atoms with E-state index in [9.17, 15) is 0 Å². The first-order chi connectivity index (χ1) is 24.8. The summed E-state index contributed by atoms with van der Waals surface area (Å²) >= 11 is 0. The Bertz CT molecular complexity index is 2920. The molecular formula is C50H32. The summed E-state index contributed by atoms with van der Waals surface area (Å²) in [6.45, 7) is 0. The van der Waals surface area contributed by atoms with Crippen molar-refractivity contribution in [3.63, 3.8) is 0 Å². The van der Waals surface area contributed by atoms with E-state index in [1.165, 1.54) is 98.4 Å². The van der Waals surface area contributed by atoms with Gasteiger partial charge in [0.2, 0.25) is 0 Å². The van der Waals surface area contributed by atoms with Gasteiger partial charge in [-0.3, -0.25) is 0 Å². The molecule has 0 aliphatic carbocycles. The second-order valence-electron chi connectivity index (χ2n) is 13.3. The minimum atomic E-state index is 1.23. The maximum Gasteiger partial charge on any atom is -0.00928 e. The number of benzene rings is 10. The second-order valence-corrected chi connectivity index (χ2v) is 13.3. The van der Waals surface area contributed by atoms with Crippen LogP contribution >= 0.6 is 0 Å². The highest BCUT2D eigenvalue weighted by molar-refractivity contribution is 6.13. The molecular weight excluding hydrogens is 601 g/mol. The lowest BCUT2D eigenvalue weighted by molar-refractivity contribution is 1.63. The van der Waals surface area contributed by atoms with Crippen molar-refractivity contribution < 1.29 is 0 Å². The molecule has 0 bridgehead atoms. The molecule has 0 fully saturated rings. The Hall–Kier alpha value is -6.50. The molecule has 0 N–H and O–H groups in total. The summed E-state index contributed by atoms with van der Waals surface area (Å²) in [7, 11) is 0. The van der Waals surface area contributed by atoms with Crippen molar-refractivity contribution >= 4 is 53.9 Å². The summed E-state index contributed by atoms with van der Waals surface area (Å²) in [6.07, 6.45) is 0. The van der Waals surface area contributed by atoms with Crippen molar-refractivity contribution in [3.8, 4) is 44.5 Å². The molecule has 0 saturated carbocycles. The van der Waals surface area contributed by atoms with Crippen molar-refractivity contribution in [1.29, 1.82) is 0 Å². The third kappa shape index (κ3) is 4.69. The van der Waals surface area contributed by atoms with Crippen LogP contribution in [0.4, 0.5) is 0 Å². The van der Waals surface area contributed by atoms with Gasteiger partial charge in [0.1, 0.15) is 0 Å². The van der Waals surface area contributed by atoms with Crippen LogP contribution in [-0.4, -0.2) is 0 Å². The molecule has 0 unspecified atom stereocenters. The normalized spacial score (nSPS) is 11.6. The van der Waals surface area contributed by atoms with Crippen molar-refractivity contribution in [2.24, 2.45) is 0 Å². The van der Waals surface area contributed by atoms with E-state index < -0.39 is 0 Å². The Morgan fingerprint density at radius 3 is 1.34 bits per heavy atom. The maximum absolute atomic E-state index is 2.43. The summed E-state index contributed by atoms with van der Waals surface area (Å²) in [5.74, 6) is 0. The molecule has 0 radical (unpaired) electrons. The van der Waals surface area contributed by atoms with Gasteiger partial charge in [-0.05, 0) is 123 Å². The smallest absolute Gasteiger partial charge is 0.00928 e. The fraction of sp³-hybridized carbons (Fsp3) is 0. The van der Waals surface area contributed by atoms with Crippen molar-refractivity contribution in [3.05, 3.63) is 194 Å². The molecule has 0 nitrogen and oxygen atoms in total. The van der Waals surface area contributed by atoms with Crippen LogP contribution in [-0.2, 0) is 0 Å². The fourth-order valence-corrected chi connectivity index (χ4v) is 8.00. The van der Waals surface area contributed by atoms with Gasteiger partial charge in [-0.25, -0.2) is 0 Å². The molecule has 10 aromatic rings. The van der Waals surface area contributed by atoms with Crippen LogP contribution in [0.3, 0.4) is 0 Å². The third-order valence-corrected chi connectivity index (χ3v) is 10.4. The predicted molar refractivity (Wildman–Crippen MR) is 216 cm³/mol. The Balaban J connectivity index is 1.25. The van der Waals surface area contributed by atoms with Gasteiger partial charge in [-0.15, -0.1) is 0 Å². The molecule has 0 spiro atoms. The minimum Gasteiger partial charge on any atom is -0.0616 e. The average molecular weight is 633 g/mol. The van der Waals surface area contributed by atoms with Crippen molar-refractivity contribution in [2.75, 3.05) is 0 Å². The molecule has 0 amide bonds. The van der Waals surface area contributed by atoms with Gasteiger partial charge < -0.3 is 0 Å². The number of hydrogen-bond acceptors (Lipinski definition) is 0. The number of hydrogen-bond donors (Lipinski definition) is 0. The number of rotatable bonds is 4. The molecule has 232 valence electrons. The topological polar surface area (TPSA) is 0 Å². The van der Waals surface area contributed by atoms with Crippen LogP contribution in [0.5, 0.6) is 0 Å². The lowest BCUT2D eigenvalue weighted by Gasteiger charge is -2.17. The van der Waals surface area contributed by atoms with Crippen LogP contribution in [0.25, 0.3) is 98.4 Å². The van der Waals surface area contributed by atoms with E-state index in [4.69, 9.17) is 0 Å². The molecule has 50 heavy (non-hydrogen) atoms. The molecule has 0 aliphatic rings. The molecule has 0 aliphatic heterocycles. The maximum atomic E-state index is 2.43. The molecule has 10 aromatic carbocycles. The van der Waals surface area contributed by atoms with E-state index in [1.807, 2.05) is 0 Å². The average Bonchev–Trinajstić information content (AvgIpc) is 3.19. The zero-order valence-corrected chi connectivity index (χ0v) is 27.5. The van der Waals surface area contributed by atoms with Crippen molar-refractivity contribution in [1.82, 2.24) is 0 Å². The fourth-order valence-electron chi connectivity index (χ4n) is 8.00. The Labute approximate surface area is 291 Å². The van der Waals surface area contributed by atoms with Crippen LogP contribution in [0, 0.1) is 0 Å². The van der Waals surface area contributed by atoms with Gasteiger partial charge in [0.15, 0.2) is 0 Å². The predicted octanol–water partition coefficient (Wildman–Crippen LogP) is 14.1. The zero-order valence-electron chi connectivity index (χ0n) is 27.5. The van der Waals surface area contributed by atoms with Gasteiger partial charge in [0, 0.05) is 0 Å². The van der Waals surface area contributed by atoms with Crippen LogP contribution < -0.4 is 0 Å². The summed E-state index contributed by atoms with van der Waals surface area (Å²) in [5, 5.41) is 12.6. The first-order valence-electron chi connectivity index (χ1n) is 17.3. The molecule has 0 saturated heterocycles. The largest absolute Gasteiger partial charge is 0.0616 e. The highest BCUT2D eigenvalue weighted by Gasteiger charge is 2.16. The van der Waals surface area contributed by atoms with Gasteiger partial charge in [0.05, 0.1) is 0 Å². The summed E-state index contributed by atoms with van der Waals surface area (Å²) < 4.78 is 0. The Kier molecular flexibility index (Phi) is 6.60. The van der Waals surface area contributed by atoms with Crippen molar-refractivity contribution in [2.45, 2.75) is 0 Å². The van der Waals surface area contributed by atoms with E-state index in [0.717, 1.165) is 0 Å². The third-order valence-electron chi connectivity index (χ3n) is 10.4. The molecule has 0 atom stereocenters. The monoisotopic (exact) mass is 632 g/mol. The summed E-state index contributed by atoms with van der Waals surface area (Å²) in [6, 6.07) is 71.5. The lowest BCUT2D eigenvalue weighted by atomic mass is 9.86. The molecule has 10 rings (SSSR count). The number of fused-ring (bicyclic) bond motifs is 5. The molecule has 0 heterocycles. The highest BCUT2D eigenvalue weighted by atomic mass is 14.2. The van der Waals surface area contributed by atoms with Crippen LogP contribution in [0.1, 0.15) is 0 Å². The minimum absolute atomic E-state index is 1.23. The van der Waals surface area contributed by atoms with E-state index >= 15 is 0 Å². The summed E-state index contributed by atoms with van der Waals surface area (Å²) in [4.78, 5) is 0. The van der Waals surface area contributed by atoms with Gasteiger partial charge in [-0.1, -0.05) is 170 Å². The Morgan fingerprint density at radius 1 is 0.180 bits per heavy atom. The van der Waals surface area contributed by atoms with Gasteiger partial charge in [0.25, 0.3) is 0 Å². The SMILES string of the molecule is c1ccc2cc(-c3ccc(-c4cc(-c5cccc6ccccc56)cc5ccc(-c6cccc7ccccc67)cc45)c4ccccc34)ccc2c1. The Morgan fingerprint density at radius 2 is 0.640 bits per heavy atom. The standard InChI is InChI=1S/C50H32/c1-2-14-36-29-37(24-23-33(36)11-1)45-27-28-48(47-20-8-7-19-46(45)47)50-32-40(44-22-10-16-35-13-4-6-18-42(35)44)30-38-25-26-39(31-49(38)50)43-21-9-15-34-12-3-5-17-41(34)43/h1-32H. The molecule has 0 heteroatoms. The van der Waals surface area contributed by atoms with Crippen LogP contribution in [0.2, 0.25) is 0 Å². The molecule has 0 aromatic heterocycles. The second kappa shape index (κ2) is 11.6. The van der Waals surface area contributed by atoms with E-state index in [1.54, 1.807) is 0 Å². The lowest BCUT2D eigenvalue weighted by Crippen LogP contribution is -1.91. The quantitative estimate of drug-likeness (QED) is 0.181. The van der Waals surface area contributed by atoms with Crippen LogP contribution in [0.15, 0.2) is 194 Å².